The van der Waals surface area contributed by atoms with E-state index in [0.717, 1.165) is 21.5 Å². The molecule has 1 N–H and O–H groups in total. The predicted octanol–water partition coefficient (Wildman–Crippen LogP) is 4.94. The first-order valence-electron chi connectivity index (χ1n) is 6.77. The second kappa shape index (κ2) is 7.29. The highest BCUT2D eigenvalue weighted by molar-refractivity contribution is 9.10. The summed E-state index contributed by atoms with van der Waals surface area (Å²) in [4.78, 5) is 1.31. The summed E-state index contributed by atoms with van der Waals surface area (Å²) in [5, 5.41) is 5.71. The van der Waals surface area contributed by atoms with Crippen molar-refractivity contribution in [1.82, 2.24) is 5.32 Å². The highest BCUT2D eigenvalue weighted by Gasteiger charge is 2.16. The van der Waals surface area contributed by atoms with E-state index in [-0.39, 0.29) is 12.1 Å². The summed E-state index contributed by atoms with van der Waals surface area (Å²) in [7, 11) is 3.34. The van der Waals surface area contributed by atoms with Gasteiger partial charge >= 0.3 is 0 Å². The van der Waals surface area contributed by atoms with E-state index in [1.54, 1.807) is 25.6 Å². The van der Waals surface area contributed by atoms with Gasteiger partial charge in [0.2, 0.25) is 0 Å². The molecule has 1 aromatic carbocycles. The molecule has 21 heavy (non-hydrogen) atoms. The molecule has 5 heteroatoms. The molecule has 2 unspecified atom stereocenters. The Kier molecular flexibility index (Phi) is 5.67. The average Bonchev–Trinajstić information content (AvgIpc) is 2.93. The van der Waals surface area contributed by atoms with Crippen LogP contribution in [0.2, 0.25) is 0 Å². The molecule has 0 bridgehead atoms. The van der Waals surface area contributed by atoms with Gasteiger partial charge in [0.1, 0.15) is 11.5 Å². The van der Waals surface area contributed by atoms with Crippen molar-refractivity contribution in [3.05, 3.63) is 44.6 Å². The molecule has 2 atom stereocenters. The van der Waals surface area contributed by atoms with Gasteiger partial charge in [-0.3, -0.25) is 0 Å². The van der Waals surface area contributed by atoms with Crippen molar-refractivity contribution in [3.63, 3.8) is 0 Å². The minimum absolute atomic E-state index is 0.182. The maximum absolute atomic E-state index is 5.48. The van der Waals surface area contributed by atoms with Crippen LogP contribution in [0, 0.1) is 0 Å². The standard InChI is InChI=1S/C16H20BrNO2S/c1-10(18-11(2)16-7-12(17)9-21-16)14-6-5-13(19-3)8-15(14)20-4/h5-11,18H,1-4H3. The number of benzene rings is 1. The molecule has 0 aliphatic carbocycles. The summed E-state index contributed by atoms with van der Waals surface area (Å²) in [5.74, 6) is 1.65. The number of hydrogen-bond acceptors (Lipinski definition) is 4. The second-order valence-electron chi connectivity index (χ2n) is 4.89. The van der Waals surface area contributed by atoms with Crippen molar-refractivity contribution in [2.24, 2.45) is 0 Å². The van der Waals surface area contributed by atoms with Crippen LogP contribution in [0.15, 0.2) is 34.1 Å². The van der Waals surface area contributed by atoms with Crippen LogP contribution in [0.25, 0.3) is 0 Å². The molecule has 0 aliphatic heterocycles. The molecule has 2 rings (SSSR count). The van der Waals surface area contributed by atoms with Crippen LogP contribution in [-0.2, 0) is 0 Å². The molecule has 2 aromatic rings. The molecule has 0 saturated carbocycles. The summed E-state index contributed by atoms with van der Waals surface area (Å²) in [5.41, 5.74) is 1.13. The van der Waals surface area contributed by atoms with Crippen LogP contribution < -0.4 is 14.8 Å². The van der Waals surface area contributed by atoms with Crippen LogP contribution in [0.5, 0.6) is 11.5 Å². The van der Waals surface area contributed by atoms with Gasteiger partial charge in [-0.25, -0.2) is 0 Å². The van der Waals surface area contributed by atoms with Crippen molar-refractivity contribution in [3.8, 4) is 11.5 Å². The van der Waals surface area contributed by atoms with E-state index in [9.17, 15) is 0 Å². The summed E-state index contributed by atoms with van der Waals surface area (Å²) < 4.78 is 11.8. The van der Waals surface area contributed by atoms with E-state index in [2.05, 4.69) is 46.5 Å². The number of rotatable bonds is 6. The van der Waals surface area contributed by atoms with Crippen LogP contribution >= 0.6 is 27.3 Å². The van der Waals surface area contributed by atoms with Gasteiger partial charge < -0.3 is 14.8 Å². The highest BCUT2D eigenvalue weighted by Crippen LogP contribution is 2.32. The average molecular weight is 370 g/mol. The largest absolute Gasteiger partial charge is 0.497 e. The molecule has 0 radical (unpaired) electrons. The fourth-order valence-electron chi connectivity index (χ4n) is 2.28. The molecule has 3 nitrogen and oxygen atoms in total. The zero-order valence-electron chi connectivity index (χ0n) is 12.6. The normalized spacial score (nSPS) is 13.8. The Bertz CT molecular complexity index is 600. The zero-order chi connectivity index (χ0) is 15.4. The Hall–Kier alpha value is -1.04. The van der Waals surface area contributed by atoms with Gasteiger partial charge in [-0.15, -0.1) is 11.3 Å². The van der Waals surface area contributed by atoms with E-state index < -0.39 is 0 Å². The molecule has 0 aliphatic rings. The number of methoxy groups -OCH3 is 2. The Balaban J connectivity index is 2.14. The van der Waals surface area contributed by atoms with Crippen molar-refractivity contribution in [2.75, 3.05) is 14.2 Å². The molecule has 1 aromatic heterocycles. The van der Waals surface area contributed by atoms with E-state index in [4.69, 9.17) is 9.47 Å². The third-order valence-electron chi connectivity index (χ3n) is 3.42. The lowest BCUT2D eigenvalue weighted by atomic mass is 10.1. The minimum atomic E-state index is 0.182. The van der Waals surface area contributed by atoms with E-state index in [1.807, 2.05) is 18.2 Å². The van der Waals surface area contributed by atoms with E-state index in [0.29, 0.717) is 0 Å². The Morgan fingerprint density at radius 2 is 1.86 bits per heavy atom. The highest BCUT2D eigenvalue weighted by atomic mass is 79.9. The van der Waals surface area contributed by atoms with Crippen LogP contribution in [0.4, 0.5) is 0 Å². The van der Waals surface area contributed by atoms with Crippen molar-refractivity contribution in [2.45, 2.75) is 25.9 Å². The summed E-state index contributed by atoms with van der Waals surface area (Å²) in [6.07, 6.45) is 0. The molecular weight excluding hydrogens is 350 g/mol. The first-order valence-corrected chi connectivity index (χ1v) is 8.44. The number of hydrogen-bond donors (Lipinski definition) is 1. The summed E-state index contributed by atoms with van der Waals surface area (Å²) in [6.45, 7) is 4.31. The molecule has 0 amide bonds. The lowest BCUT2D eigenvalue weighted by Gasteiger charge is -2.21. The molecule has 0 saturated heterocycles. The zero-order valence-corrected chi connectivity index (χ0v) is 15.0. The Morgan fingerprint density at radius 3 is 2.43 bits per heavy atom. The number of ether oxygens (including phenoxy) is 2. The third kappa shape index (κ3) is 3.99. The Morgan fingerprint density at radius 1 is 1.10 bits per heavy atom. The van der Waals surface area contributed by atoms with Gasteiger partial charge in [-0.1, -0.05) is 6.07 Å². The third-order valence-corrected chi connectivity index (χ3v) is 5.30. The number of halogens is 1. The maximum Gasteiger partial charge on any atom is 0.127 e. The topological polar surface area (TPSA) is 30.5 Å². The number of thiophene rings is 1. The van der Waals surface area contributed by atoms with Gasteiger partial charge in [0.25, 0.3) is 0 Å². The molecule has 114 valence electrons. The van der Waals surface area contributed by atoms with Crippen LogP contribution in [0.1, 0.15) is 36.4 Å². The minimum Gasteiger partial charge on any atom is -0.497 e. The summed E-state index contributed by atoms with van der Waals surface area (Å²) >= 11 is 5.25. The van der Waals surface area contributed by atoms with Gasteiger partial charge in [0.15, 0.2) is 0 Å². The van der Waals surface area contributed by atoms with Gasteiger partial charge in [-0.05, 0) is 41.9 Å². The quantitative estimate of drug-likeness (QED) is 0.781. The van der Waals surface area contributed by atoms with Gasteiger partial charge in [0, 0.05) is 38.4 Å². The number of nitrogens with one attached hydrogen (secondary N) is 1. The van der Waals surface area contributed by atoms with E-state index >= 15 is 0 Å². The fraction of sp³-hybridized carbons (Fsp3) is 0.375. The molecule has 1 heterocycles. The predicted molar refractivity (Wildman–Crippen MR) is 91.5 cm³/mol. The van der Waals surface area contributed by atoms with Gasteiger partial charge in [0.05, 0.1) is 14.2 Å². The van der Waals surface area contributed by atoms with Gasteiger partial charge in [-0.2, -0.15) is 0 Å². The SMILES string of the molecule is COc1ccc(C(C)NC(C)c2cc(Br)cs2)c(OC)c1. The van der Waals surface area contributed by atoms with Crippen molar-refractivity contribution >= 4 is 27.3 Å². The first kappa shape index (κ1) is 16.3. The lowest BCUT2D eigenvalue weighted by Crippen LogP contribution is -2.22. The second-order valence-corrected chi connectivity index (χ2v) is 6.74. The molecule has 0 fully saturated rings. The smallest absolute Gasteiger partial charge is 0.127 e. The van der Waals surface area contributed by atoms with E-state index in [1.165, 1.54) is 4.88 Å². The Labute approximate surface area is 138 Å². The summed E-state index contributed by atoms with van der Waals surface area (Å²) in [6, 6.07) is 8.54. The van der Waals surface area contributed by atoms with Crippen LogP contribution in [-0.4, -0.2) is 14.2 Å². The van der Waals surface area contributed by atoms with Crippen LogP contribution in [0.3, 0.4) is 0 Å². The van der Waals surface area contributed by atoms with Crippen molar-refractivity contribution in [1.29, 1.82) is 0 Å². The maximum atomic E-state index is 5.48. The monoisotopic (exact) mass is 369 g/mol. The fourth-order valence-corrected chi connectivity index (χ4v) is 3.74. The molecule has 0 spiro atoms. The molecular formula is C16H20BrNO2S. The van der Waals surface area contributed by atoms with Crippen molar-refractivity contribution < 1.29 is 9.47 Å². The lowest BCUT2D eigenvalue weighted by molar-refractivity contribution is 0.383. The first-order chi connectivity index (χ1) is 10.0.